The molecule has 1 aromatic heterocycles. The van der Waals surface area contributed by atoms with Crippen molar-refractivity contribution in [3.8, 4) is 11.3 Å². The van der Waals surface area contributed by atoms with E-state index in [2.05, 4.69) is 28.4 Å². The Balaban J connectivity index is 1.63. The highest BCUT2D eigenvalue weighted by Gasteiger charge is 2.26. The molecule has 3 heterocycles. The summed E-state index contributed by atoms with van der Waals surface area (Å²) in [7, 11) is 1.86. The summed E-state index contributed by atoms with van der Waals surface area (Å²) in [5, 5.41) is 3.20. The molecule has 1 N–H and O–H groups in total. The van der Waals surface area contributed by atoms with Crippen LogP contribution < -0.4 is 15.1 Å². The van der Waals surface area contributed by atoms with E-state index in [9.17, 15) is 4.79 Å². The number of rotatable bonds is 2. The largest absolute Gasteiger partial charge is 0.341 e. The monoisotopic (exact) mass is 349 g/mol. The van der Waals surface area contributed by atoms with Gasteiger partial charge >= 0.3 is 0 Å². The normalized spacial score (nSPS) is 19.0. The lowest BCUT2D eigenvalue weighted by Gasteiger charge is -2.31. The Morgan fingerprint density at radius 2 is 1.96 bits per heavy atom. The molecule has 6 nitrogen and oxygen atoms in total. The molecule has 2 aliphatic heterocycles. The van der Waals surface area contributed by atoms with E-state index >= 15 is 0 Å². The maximum Gasteiger partial charge on any atom is 0.240 e. The van der Waals surface area contributed by atoms with E-state index in [1.54, 1.807) is 4.90 Å². The quantitative estimate of drug-likeness (QED) is 0.897. The molecule has 0 bridgehead atoms. The zero-order chi connectivity index (χ0) is 17.7. The summed E-state index contributed by atoms with van der Waals surface area (Å²) in [6.07, 6.45) is 4.44. The number of nitrogens with zero attached hydrogens (tertiary/aromatic N) is 4. The van der Waals surface area contributed by atoms with Crippen molar-refractivity contribution >= 4 is 17.5 Å². The third-order valence-electron chi connectivity index (χ3n) is 5.75. The van der Waals surface area contributed by atoms with Gasteiger partial charge in [0.1, 0.15) is 0 Å². The lowest BCUT2D eigenvalue weighted by molar-refractivity contribution is -0.117. The number of carbonyl (C=O) groups is 1. The molecule has 1 saturated heterocycles. The fourth-order valence-corrected chi connectivity index (χ4v) is 4.05. The minimum absolute atomic E-state index is 0.0927. The van der Waals surface area contributed by atoms with Crippen molar-refractivity contribution < 1.29 is 4.79 Å². The molecule has 26 heavy (non-hydrogen) atoms. The summed E-state index contributed by atoms with van der Waals surface area (Å²) in [6.45, 7) is 3.19. The topological polar surface area (TPSA) is 61.4 Å². The van der Waals surface area contributed by atoms with Gasteiger partial charge in [-0.15, -0.1) is 0 Å². The average Bonchev–Trinajstić information content (AvgIpc) is 3.02. The van der Waals surface area contributed by atoms with Crippen LogP contribution >= 0.6 is 0 Å². The molecule has 5 rings (SSSR count). The van der Waals surface area contributed by atoms with Gasteiger partial charge in [-0.25, -0.2) is 9.97 Å². The molecular formula is C20H23N5O. The summed E-state index contributed by atoms with van der Waals surface area (Å²) in [5.41, 5.74) is 6.76. The summed E-state index contributed by atoms with van der Waals surface area (Å²) < 4.78 is 0. The maximum atomic E-state index is 12.2. The zero-order valence-corrected chi connectivity index (χ0v) is 15.1. The number of carbonyl (C=O) groups excluding carboxylic acids is 1. The molecule has 134 valence electrons. The second-order valence-corrected chi connectivity index (χ2v) is 7.39. The number of likely N-dealkylation sites (N-methyl/N-ethyl adjacent to an activating group) is 1. The fraction of sp³-hybridized carbons (Fsp3) is 0.450. The molecule has 1 aromatic carbocycles. The van der Waals surface area contributed by atoms with Crippen molar-refractivity contribution in [1.82, 2.24) is 15.3 Å². The number of hydrogen-bond acceptors (Lipinski definition) is 5. The average molecular weight is 349 g/mol. The molecule has 0 atom stereocenters. The second-order valence-electron chi connectivity index (χ2n) is 7.39. The third kappa shape index (κ3) is 2.48. The van der Waals surface area contributed by atoms with Crippen LogP contribution in [0, 0.1) is 0 Å². The first-order chi connectivity index (χ1) is 12.7. The number of anilines is 2. The van der Waals surface area contributed by atoms with Crippen LogP contribution in [0.15, 0.2) is 18.2 Å². The van der Waals surface area contributed by atoms with Gasteiger partial charge < -0.3 is 15.1 Å². The minimum atomic E-state index is 0.0927. The van der Waals surface area contributed by atoms with Gasteiger partial charge in [0.25, 0.3) is 0 Å². The Morgan fingerprint density at radius 1 is 1.08 bits per heavy atom. The van der Waals surface area contributed by atoms with Crippen LogP contribution in [0.25, 0.3) is 11.3 Å². The molecule has 0 unspecified atom stereocenters. The molecule has 1 fully saturated rings. The number of amides is 1. The van der Waals surface area contributed by atoms with E-state index in [0.717, 1.165) is 60.8 Å². The van der Waals surface area contributed by atoms with E-state index in [0.29, 0.717) is 13.1 Å². The van der Waals surface area contributed by atoms with Crippen LogP contribution in [0.4, 0.5) is 11.6 Å². The Hall–Kier alpha value is -2.47. The Labute approximate surface area is 153 Å². The highest BCUT2D eigenvalue weighted by Crippen LogP contribution is 2.35. The van der Waals surface area contributed by atoms with Gasteiger partial charge in [0.2, 0.25) is 11.9 Å². The number of nitrogens with one attached hydrogen (secondary N) is 1. The summed E-state index contributed by atoms with van der Waals surface area (Å²) in [5.74, 6) is 0.961. The molecule has 0 radical (unpaired) electrons. The molecule has 0 saturated carbocycles. The molecule has 6 heteroatoms. The highest BCUT2D eigenvalue weighted by molar-refractivity contribution is 5.96. The van der Waals surface area contributed by atoms with E-state index in [-0.39, 0.29) is 5.91 Å². The Kier molecular flexibility index (Phi) is 3.67. The van der Waals surface area contributed by atoms with Crippen molar-refractivity contribution in [2.75, 3.05) is 36.5 Å². The van der Waals surface area contributed by atoms with E-state index < -0.39 is 0 Å². The van der Waals surface area contributed by atoms with Crippen LogP contribution in [0.5, 0.6) is 0 Å². The number of aromatic nitrogens is 2. The van der Waals surface area contributed by atoms with Crippen LogP contribution in [0.1, 0.15) is 29.7 Å². The summed E-state index contributed by atoms with van der Waals surface area (Å²) in [4.78, 5) is 26.0. The number of hydrogen-bond donors (Lipinski definition) is 1. The van der Waals surface area contributed by atoms with Crippen molar-refractivity contribution in [3.63, 3.8) is 0 Å². The van der Waals surface area contributed by atoms with E-state index in [1.807, 2.05) is 7.05 Å². The van der Waals surface area contributed by atoms with E-state index in [1.165, 1.54) is 17.7 Å². The zero-order valence-electron chi connectivity index (χ0n) is 15.1. The van der Waals surface area contributed by atoms with Gasteiger partial charge in [0.15, 0.2) is 0 Å². The van der Waals surface area contributed by atoms with Crippen molar-refractivity contribution in [1.29, 1.82) is 0 Å². The minimum Gasteiger partial charge on any atom is -0.341 e. The third-order valence-corrected chi connectivity index (χ3v) is 5.75. The van der Waals surface area contributed by atoms with Gasteiger partial charge in [-0.1, -0.05) is 12.1 Å². The predicted molar refractivity (Wildman–Crippen MR) is 101 cm³/mol. The summed E-state index contributed by atoms with van der Waals surface area (Å²) in [6, 6.07) is 6.39. The van der Waals surface area contributed by atoms with Crippen LogP contribution in [-0.4, -0.2) is 42.6 Å². The Bertz CT molecular complexity index is 890. The van der Waals surface area contributed by atoms with Gasteiger partial charge in [-0.05, 0) is 37.3 Å². The van der Waals surface area contributed by atoms with Gasteiger partial charge in [-0.2, -0.15) is 0 Å². The predicted octanol–water partition coefficient (Wildman–Crippen LogP) is 1.91. The number of aryl methyl sites for hydroxylation is 1. The molecule has 1 amide bonds. The molecule has 2 aromatic rings. The summed E-state index contributed by atoms with van der Waals surface area (Å²) >= 11 is 0. The highest BCUT2D eigenvalue weighted by atomic mass is 16.2. The van der Waals surface area contributed by atoms with Crippen molar-refractivity contribution in [3.05, 3.63) is 35.0 Å². The Morgan fingerprint density at radius 3 is 2.77 bits per heavy atom. The van der Waals surface area contributed by atoms with Crippen molar-refractivity contribution in [2.24, 2.45) is 0 Å². The standard InChI is InChI=1S/C20H23N5O/c1-24-17-10-13(6-7-14(17)11-21-12-18(24)26)19-15-4-2-5-16(15)22-20(23-19)25-8-3-9-25/h6-7,10,21H,2-5,8-9,11-12H2,1H3. The van der Waals surface area contributed by atoms with Crippen LogP contribution in [-0.2, 0) is 24.2 Å². The van der Waals surface area contributed by atoms with Crippen molar-refractivity contribution in [2.45, 2.75) is 32.2 Å². The molecule has 1 aliphatic carbocycles. The first-order valence-electron chi connectivity index (χ1n) is 9.46. The lowest BCUT2D eigenvalue weighted by Crippen LogP contribution is -2.38. The molecular weight excluding hydrogens is 326 g/mol. The number of benzene rings is 1. The second kappa shape index (κ2) is 6.06. The first-order valence-corrected chi connectivity index (χ1v) is 9.46. The SMILES string of the molecule is CN1C(=O)CNCc2ccc(-c3nc(N4CCC4)nc4c3CCC4)cc21. The lowest BCUT2D eigenvalue weighted by atomic mass is 10.0. The number of fused-ring (bicyclic) bond motifs is 2. The molecule has 0 spiro atoms. The van der Waals surface area contributed by atoms with Gasteiger partial charge in [0, 0.05) is 49.2 Å². The molecule has 3 aliphatic rings. The fourth-order valence-electron chi connectivity index (χ4n) is 4.05. The smallest absolute Gasteiger partial charge is 0.240 e. The van der Waals surface area contributed by atoms with Crippen LogP contribution in [0.3, 0.4) is 0 Å². The van der Waals surface area contributed by atoms with E-state index in [4.69, 9.17) is 9.97 Å². The first kappa shape index (κ1) is 15.8. The van der Waals surface area contributed by atoms with Crippen LogP contribution in [0.2, 0.25) is 0 Å². The van der Waals surface area contributed by atoms with Gasteiger partial charge in [0.05, 0.1) is 12.2 Å². The van der Waals surface area contributed by atoms with Gasteiger partial charge in [-0.3, -0.25) is 4.79 Å². The maximum absolute atomic E-state index is 12.2.